The number of nitrogens with zero attached hydrogens (tertiary/aromatic N) is 6. The smallest absolute Gasteiger partial charge is 0.167 e. The fourth-order valence-corrected chi connectivity index (χ4v) is 8.40. The molecule has 4 heterocycles. The van der Waals surface area contributed by atoms with Gasteiger partial charge in [0.2, 0.25) is 0 Å². The maximum atomic E-state index is 15.4. The second-order valence-corrected chi connectivity index (χ2v) is 15.1. The lowest BCUT2D eigenvalue weighted by atomic mass is 9.86. The number of aromatic nitrogens is 4. The Morgan fingerprint density at radius 3 is 1.29 bits per heavy atom. The Morgan fingerprint density at radius 1 is 0.554 bits per heavy atom. The summed E-state index contributed by atoms with van der Waals surface area (Å²) in [6, 6.07) is 24.3. The highest BCUT2D eigenvalue weighted by molar-refractivity contribution is 5.89. The average molecular weight is 761 g/mol. The normalized spacial score (nSPS) is 19.1. The standard InChI is InChI=1S/C45H44F4N6O/c46-35-9-5-31(6-10-35)23-43(52-21-1-3-33(25-52)41-27-54(29-50-41)39-17-13-37(48)14-18-39)45(56)44(24-32-7-11-36(47)12-8-32)53-22-2-4-34(26-53)42-28-55(30-51-42)40-19-15-38(49)16-20-40/h5-20,27-30,33-34,43-44H,1-4,21-26H2/t33-,34-,43?,44?/m0/s1. The van der Waals surface area contributed by atoms with Gasteiger partial charge in [-0.1, -0.05) is 24.3 Å². The first-order valence-electron chi connectivity index (χ1n) is 19.4. The minimum atomic E-state index is -0.508. The predicted octanol–water partition coefficient (Wildman–Crippen LogP) is 8.47. The number of rotatable bonds is 12. The number of carbonyl (C=O) groups excluding carboxylic acids is 1. The molecule has 288 valence electrons. The highest BCUT2D eigenvalue weighted by Gasteiger charge is 2.39. The molecule has 4 atom stereocenters. The summed E-state index contributed by atoms with van der Waals surface area (Å²) in [7, 11) is 0. The van der Waals surface area contributed by atoms with Gasteiger partial charge in [-0.3, -0.25) is 14.6 Å². The van der Waals surface area contributed by atoms with E-state index in [1.165, 1.54) is 48.5 Å². The maximum Gasteiger partial charge on any atom is 0.167 e. The molecule has 0 N–H and O–H groups in total. The van der Waals surface area contributed by atoms with Crippen LogP contribution in [0, 0.1) is 23.3 Å². The molecule has 0 aliphatic carbocycles. The van der Waals surface area contributed by atoms with E-state index in [1.807, 2.05) is 21.5 Å². The van der Waals surface area contributed by atoms with E-state index in [1.54, 1.807) is 61.2 Å². The Labute approximate surface area is 324 Å². The first-order valence-corrected chi connectivity index (χ1v) is 19.4. The molecule has 2 unspecified atom stereocenters. The number of hydrogen-bond donors (Lipinski definition) is 0. The van der Waals surface area contributed by atoms with Crippen molar-refractivity contribution in [1.82, 2.24) is 28.9 Å². The molecule has 2 aliphatic heterocycles. The van der Waals surface area contributed by atoms with Crippen molar-refractivity contribution in [1.29, 1.82) is 0 Å². The first-order chi connectivity index (χ1) is 27.3. The molecule has 0 radical (unpaired) electrons. The monoisotopic (exact) mass is 760 g/mol. The fraction of sp³-hybridized carbons (Fsp3) is 0.311. The Morgan fingerprint density at radius 2 is 0.911 bits per heavy atom. The third-order valence-corrected chi connectivity index (χ3v) is 11.4. The summed E-state index contributed by atoms with van der Waals surface area (Å²) in [6.45, 7) is 2.68. The number of likely N-dealkylation sites (tertiary alicyclic amines) is 2. The summed E-state index contributed by atoms with van der Waals surface area (Å²) in [5.74, 6) is -1.05. The molecule has 0 saturated carbocycles. The summed E-state index contributed by atoms with van der Waals surface area (Å²) in [6.07, 6.45) is 11.8. The molecule has 0 bridgehead atoms. The molecule has 11 heteroatoms. The molecule has 2 fully saturated rings. The minimum absolute atomic E-state index is 0.0695. The van der Waals surface area contributed by atoms with Crippen molar-refractivity contribution in [3.63, 3.8) is 0 Å². The molecule has 56 heavy (non-hydrogen) atoms. The first kappa shape index (κ1) is 37.5. The highest BCUT2D eigenvalue weighted by Crippen LogP contribution is 2.32. The average Bonchev–Trinajstić information content (AvgIpc) is 3.93. The van der Waals surface area contributed by atoms with Crippen molar-refractivity contribution in [3.05, 3.63) is 168 Å². The largest absolute Gasteiger partial charge is 0.306 e. The van der Waals surface area contributed by atoms with Crippen LogP contribution in [0.25, 0.3) is 11.4 Å². The van der Waals surface area contributed by atoms with Gasteiger partial charge in [-0.15, -0.1) is 0 Å². The van der Waals surface area contributed by atoms with Gasteiger partial charge in [0.05, 0.1) is 36.1 Å². The third-order valence-electron chi connectivity index (χ3n) is 11.4. The van der Waals surface area contributed by atoms with Crippen LogP contribution in [-0.2, 0) is 17.6 Å². The fourth-order valence-electron chi connectivity index (χ4n) is 8.40. The topological polar surface area (TPSA) is 59.2 Å². The van der Waals surface area contributed by atoms with Crippen molar-refractivity contribution in [3.8, 4) is 11.4 Å². The van der Waals surface area contributed by atoms with Gasteiger partial charge in [0.25, 0.3) is 0 Å². The summed E-state index contributed by atoms with van der Waals surface area (Å²) < 4.78 is 59.2. The van der Waals surface area contributed by atoms with Crippen molar-refractivity contribution in [2.45, 2.75) is 62.4 Å². The van der Waals surface area contributed by atoms with E-state index in [0.717, 1.165) is 72.7 Å². The van der Waals surface area contributed by atoms with Gasteiger partial charge >= 0.3 is 0 Å². The van der Waals surface area contributed by atoms with Crippen molar-refractivity contribution in [2.75, 3.05) is 26.2 Å². The van der Waals surface area contributed by atoms with Crippen LogP contribution in [0.5, 0.6) is 0 Å². The van der Waals surface area contributed by atoms with Crippen LogP contribution in [0.15, 0.2) is 122 Å². The second kappa shape index (κ2) is 16.8. The predicted molar refractivity (Wildman–Crippen MR) is 207 cm³/mol. The van der Waals surface area contributed by atoms with E-state index in [0.29, 0.717) is 25.9 Å². The Hall–Kier alpha value is -5.39. The summed E-state index contributed by atoms with van der Waals surface area (Å²) in [5, 5.41) is 0. The van der Waals surface area contributed by atoms with E-state index in [2.05, 4.69) is 9.80 Å². The van der Waals surface area contributed by atoms with E-state index in [-0.39, 0.29) is 40.9 Å². The molecule has 2 aliphatic rings. The zero-order chi connectivity index (χ0) is 38.6. The Bertz CT molecular complexity index is 2060. The van der Waals surface area contributed by atoms with Crippen LogP contribution in [0.2, 0.25) is 0 Å². The number of carbonyl (C=O) groups is 1. The van der Waals surface area contributed by atoms with Gasteiger partial charge in [-0.25, -0.2) is 27.5 Å². The molecular weight excluding hydrogens is 717 g/mol. The van der Waals surface area contributed by atoms with Crippen LogP contribution >= 0.6 is 0 Å². The van der Waals surface area contributed by atoms with Gasteiger partial charge in [0, 0.05) is 48.7 Å². The summed E-state index contributed by atoms with van der Waals surface area (Å²) >= 11 is 0. The van der Waals surface area contributed by atoms with Gasteiger partial charge in [-0.2, -0.15) is 0 Å². The third kappa shape index (κ3) is 8.69. The molecule has 6 aromatic rings. The Balaban J connectivity index is 1.08. The second-order valence-electron chi connectivity index (χ2n) is 15.1. The zero-order valence-corrected chi connectivity index (χ0v) is 31.0. The van der Waals surface area contributed by atoms with E-state index in [9.17, 15) is 17.6 Å². The molecule has 4 aromatic carbocycles. The molecular formula is C45H44F4N6O. The van der Waals surface area contributed by atoms with Gasteiger partial charge in [-0.05, 0) is 136 Å². The molecule has 0 spiro atoms. The molecule has 8 rings (SSSR count). The number of imidazole rings is 2. The number of hydrogen-bond acceptors (Lipinski definition) is 5. The molecule has 2 aromatic heterocycles. The van der Waals surface area contributed by atoms with Crippen LogP contribution in [0.4, 0.5) is 17.6 Å². The minimum Gasteiger partial charge on any atom is -0.306 e. The number of benzene rings is 4. The van der Waals surface area contributed by atoms with E-state index in [4.69, 9.17) is 9.97 Å². The Kier molecular flexibility index (Phi) is 11.2. The van der Waals surface area contributed by atoms with Crippen LogP contribution in [0.3, 0.4) is 0 Å². The number of halogens is 4. The van der Waals surface area contributed by atoms with Crippen LogP contribution in [0.1, 0.15) is 60.0 Å². The quantitative estimate of drug-likeness (QED) is 0.117. The zero-order valence-electron chi connectivity index (χ0n) is 31.0. The highest BCUT2D eigenvalue weighted by atomic mass is 19.1. The van der Waals surface area contributed by atoms with Crippen LogP contribution in [-0.4, -0.2) is 72.9 Å². The summed E-state index contributed by atoms with van der Waals surface area (Å²) in [5.41, 5.74) is 5.19. The summed E-state index contributed by atoms with van der Waals surface area (Å²) in [4.78, 5) is 29.4. The van der Waals surface area contributed by atoms with Gasteiger partial charge in [0.1, 0.15) is 23.3 Å². The molecule has 0 amide bonds. The lowest BCUT2D eigenvalue weighted by molar-refractivity contribution is -0.130. The number of Topliss-reactive ketones (excluding diaryl/α,β-unsaturated/α-hetero) is 1. The van der Waals surface area contributed by atoms with Crippen molar-refractivity contribution in [2.24, 2.45) is 0 Å². The number of piperidine rings is 2. The van der Waals surface area contributed by atoms with Gasteiger partial charge in [0.15, 0.2) is 5.78 Å². The van der Waals surface area contributed by atoms with E-state index < -0.39 is 12.1 Å². The molecule has 7 nitrogen and oxygen atoms in total. The lowest BCUT2D eigenvalue weighted by Crippen LogP contribution is -2.56. The van der Waals surface area contributed by atoms with Crippen molar-refractivity contribution < 1.29 is 22.4 Å². The van der Waals surface area contributed by atoms with Crippen LogP contribution < -0.4 is 0 Å². The SMILES string of the molecule is O=C(C(Cc1ccc(F)cc1)N1CCC[C@H](c2cn(-c3ccc(F)cc3)cn2)C1)C(Cc1ccc(F)cc1)N1CCC[C@H](c2cn(-c3ccc(F)cc3)cn2)C1. The molecule has 2 saturated heterocycles. The van der Waals surface area contributed by atoms with E-state index >= 15 is 4.79 Å². The van der Waals surface area contributed by atoms with Gasteiger partial charge < -0.3 is 9.13 Å². The maximum absolute atomic E-state index is 15.4. The lowest BCUT2D eigenvalue weighted by Gasteiger charge is -2.42. The van der Waals surface area contributed by atoms with Crippen molar-refractivity contribution >= 4 is 5.78 Å². The number of ketones is 1.